The molecule has 0 bridgehead atoms. The number of nitriles is 1. The molecule has 0 saturated heterocycles. The van der Waals surface area contributed by atoms with E-state index < -0.39 is 10.0 Å². The molecule has 8 nitrogen and oxygen atoms in total. The summed E-state index contributed by atoms with van der Waals surface area (Å²) in [4.78, 5) is 0. The minimum absolute atomic E-state index is 0.199. The molecule has 2 rings (SSSR count). The molecule has 0 aliphatic rings. The molecule has 0 aromatic heterocycles. The summed E-state index contributed by atoms with van der Waals surface area (Å²) in [6.45, 7) is 1.82. The largest absolute Gasteiger partial charge is 0.282 e. The monoisotopic (exact) mass is 356 g/mol. The van der Waals surface area contributed by atoms with Crippen LogP contribution in [-0.4, -0.2) is 20.5 Å². The van der Waals surface area contributed by atoms with Crippen LogP contribution in [0.4, 0.5) is 17.1 Å². The van der Waals surface area contributed by atoms with E-state index in [0.29, 0.717) is 5.69 Å². The van der Waals surface area contributed by atoms with Gasteiger partial charge < -0.3 is 0 Å². The maximum Gasteiger partial charge on any atom is 0.270 e. The zero-order chi connectivity index (χ0) is 18.3. The molecule has 25 heavy (non-hydrogen) atoms. The van der Waals surface area contributed by atoms with Crippen molar-refractivity contribution in [2.75, 3.05) is 16.4 Å². The highest BCUT2D eigenvalue weighted by atomic mass is 32.2. The van der Waals surface area contributed by atoms with Crippen molar-refractivity contribution >= 4 is 32.9 Å². The maximum absolute atomic E-state index is 11.4. The molecular weight excluding hydrogens is 340 g/mol. The Balaban J connectivity index is 2.23. The van der Waals surface area contributed by atoms with Gasteiger partial charge in [0.2, 0.25) is 10.0 Å². The SMILES string of the molecule is Cc1ccc(N=N/C(C#N)=N/Nc2ccccc2)c(NS(C)(=O)=O)c1. The number of anilines is 2. The lowest BCUT2D eigenvalue weighted by Crippen LogP contribution is -2.09. The van der Waals surface area contributed by atoms with Crippen LogP contribution in [0.15, 0.2) is 63.9 Å². The van der Waals surface area contributed by atoms with Crippen molar-refractivity contribution in [2.24, 2.45) is 15.3 Å². The lowest BCUT2D eigenvalue weighted by atomic mass is 10.2. The van der Waals surface area contributed by atoms with Gasteiger partial charge in [-0.2, -0.15) is 5.26 Å². The predicted molar refractivity (Wildman–Crippen MR) is 97.3 cm³/mol. The number of hydrogen-bond acceptors (Lipinski definition) is 6. The summed E-state index contributed by atoms with van der Waals surface area (Å²) in [7, 11) is -3.47. The van der Waals surface area contributed by atoms with E-state index in [-0.39, 0.29) is 17.2 Å². The first kappa shape index (κ1) is 18.1. The van der Waals surface area contributed by atoms with Crippen molar-refractivity contribution < 1.29 is 8.42 Å². The van der Waals surface area contributed by atoms with E-state index in [2.05, 4.69) is 25.5 Å². The molecule has 128 valence electrons. The zero-order valence-corrected chi connectivity index (χ0v) is 14.4. The Hall–Kier alpha value is -3.25. The Bertz CT molecular complexity index is 946. The number of rotatable bonds is 5. The maximum atomic E-state index is 11.4. The molecule has 0 aliphatic heterocycles. The number of hydrogen-bond donors (Lipinski definition) is 2. The highest BCUT2D eigenvalue weighted by Gasteiger charge is 2.08. The minimum Gasteiger partial charge on any atom is -0.282 e. The molecule has 0 heterocycles. The zero-order valence-electron chi connectivity index (χ0n) is 13.6. The first-order chi connectivity index (χ1) is 11.9. The van der Waals surface area contributed by atoms with E-state index in [4.69, 9.17) is 5.26 Å². The van der Waals surface area contributed by atoms with Crippen molar-refractivity contribution in [3.63, 3.8) is 0 Å². The molecule has 0 amide bonds. The summed E-state index contributed by atoms with van der Waals surface area (Å²) in [6, 6.07) is 15.9. The van der Waals surface area contributed by atoms with Gasteiger partial charge in [-0.05, 0) is 36.8 Å². The van der Waals surface area contributed by atoms with Gasteiger partial charge in [-0.15, -0.1) is 15.3 Å². The molecule has 2 aromatic rings. The van der Waals surface area contributed by atoms with Gasteiger partial charge in [-0.3, -0.25) is 10.1 Å². The molecule has 0 fully saturated rings. The number of aryl methyl sites for hydroxylation is 1. The van der Waals surface area contributed by atoms with Gasteiger partial charge in [0.15, 0.2) is 0 Å². The van der Waals surface area contributed by atoms with Crippen molar-refractivity contribution in [3.05, 3.63) is 54.1 Å². The third kappa shape index (κ3) is 6.04. The molecule has 0 atom stereocenters. The van der Waals surface area contributed by atoms with Gasteiger partial charge in [0.25, 0.3) is 5.84 Å². The number of hydrazone groups is 1. The molecule has 0 radical (unpaired) electrons. The normalized spacial score (nSPS) is 12.0. The van der Waals surface area contributed by atoms with Gasteiger partial charge >= 0.3 is 0 Å². The summed E-state index contributed by atoms with van der Waals surface area (Å²) in [5, 5.41) is 20.6. The summed E-state index contributed by atoms with van der Waals surface area (Å²) < 4.78 is 25.3. The third-order valence-corrected chi connectivity index (χ3v) is 3.46. The van der Waals surface area contributed by atoms with E-state index >= 15 is 0 Å². The molecule has 0 aliphatic carbocycles. The summed E-state index contributed by atoms with van der Waals surface area (Å²) in [5.74, 6) is -0.199. The molecule has 0 spiro atoms. The molecule has 0 saturated carbocycles. The molecule has 2 aromatic carbocycles. The highest BCUT2D eigenvalue weighted by molar-refractivity contribution is 7.92. The van der Waals surface area contributed by atoms with Crippen LogP contribution in [0.25, 0.3) is 0 Å². The van der Waals surface area contributed by atoms with Crippen LogP contribution in [0, 0.1) is 18.3 Å². The Kier molecular flexibility index (Phi) is 5.81. The lowest BCUT2D eigenvalue weighted by Gasteiger charge is -2.07. The number of benzene rings is 2. The van der Waals surface area contributed by atoms with Gasteiger partial charge in [0.05, 0.1) is 17.6 Å². The fourth-order valence-electron chi connectivity index (χ4n) is 1.82. The first-order valence-corrected chi connectivity index (χ1v) is 9.05. The van der Waals surface area contributed by atoms with Crippen molar-refractivity contribution in [1.29, 1.82) is 5.26 Å². The number of azo groups is 1. The molecular formula is C16H16N6O2S. The molecule has 0 unspecified atom stereocenters. The van der Waals surface area contributed by atoms with Crippen LogP contribution in [-0.2, 0) is 10.0 Å². The summed E-state index contributed by atoms with van der Waals surface area (Å²) >= 11 is 0. The quantitative estimate of drug-likeness (QED) is 0.369. The van der Waals surface area contributed by atoms with Gasteiger partial charge in [-0.1, -0.05) is 24.3 Å². The predicted octanol–water partition coefficient (Wildman–Crippen LogP) is 3.40. The van der Waals surface area contributed by atoms with Crippen LogP contribution in [0.1, 0.15) is 5.56 Å². The van der Waals surface area contributed by atoms with E-state index in [0.717, 1.165) is 11.8 Å². The van der Waals surface area contributed by atoms with Crippen molar-refractivity contribution in [3.8, 4) is 6.07 Å². The number of para-hydroxylation sites is 1. The summed E-state index contributed by atoms with van der Waals surface area (Å²) in [6.07, 6.45) is 1.04. The van der Waals surface area contributed by atoms with E-state index in [1.165, 1.54) is 0 Å². The lowest BCUT2D eigenvalue weighted by molar-refractivity contribution is 0.607. The average Bonchev–Trinajstić information content (AvgIpc) is 2.56. The molecule has 9 heteroatoms. The average molecular weight is 356 g/mol. The van der Waals surface area contributed by atoms with Gasteiger partial charge in [0, 0.05) is 0 Å². The highest BCUT2D eigenvalue weighted by Crippen LogP contribution is 2.27. The Morgan fingerprint density at radius 1 is 1.16 bits per heavy atom. The number of amidine groups is 1. The van der Waals surface area contributed by atoms with Crippen molar-refractivity contribution in [1.82, 2.24) is 0 Å². The number of sulfonamides is 1. The van der Waals surface area contributed by atoms with Crippen LogP contribution >= 0.6 is 0 Å². The fraction of sp³-hybridized carbons (Fsp3) is 0.125. The minimum atomic E-state index is -3.47. The second kappa shape index (κ2) is 8.03. The fourth-order valence-corrected chi connectivity index (χ4v) is 2.38. The number of nitrogens with zero attached hydrogens (tertiary/aromatic N) is 4. The second-order valence-corrected chi connectivity index (χ2v) is 6.87. The van der Waals surface area contributed by atoms with Gasteiger partial charge in [-0.25, -0.2) is 8.42 Å². The number of nitrogens with one attached hydrogen (secondary N) is 2. The topological polar surface area (TPSA) is 119 Å². The van der Waals surface area contributed by atoms with Crippen LogP contribution < -0.4 is 10.1 Å². The van der Waals surface area contributed by atoms with Gasteiger partial charge in [0.1, 0.15) is 11.8 Å². The van der Waals surface area contributed by atoms with Crippen molar-refractivity contribution in [2.45, 2.75) is 6.92 Å². The standard InChI is InChI=1S/C16H16N6O2S/c1-12-8-9-14(15(10-12)22-25(2,23)24)19-21-16(11-17)20-18-13-6-4-3-5-7-13/h3-10,18,22H,1-2H3/b20-16+,21-19?. The van der Waals surface area contributed by atoms with E-state index in [1.807, 2.05) is 31.2 Å². The van der Waals surface area contributed by atoms with E-state index in [1.54, 1.807) is 30.3 Å². The Morgan fingerprint density at radius 2 is 1.88 bits per heavy atom. The third-order valence-electron chi connectivity index (χ3n) is 2.86. The van der Waals surface area contributed by atoms with Crippen LogP contribution in [0.5, 0.6) is 0 Å². The molecule has 2 N–H and O–H groups in total. The smallest absolute Gasteiger partial charge is 0.270 e. The van der Waals surface area contributed by atoms with Crippen LogP contribution in [0.2, 0.25) is 0 Å². The summed E-state index contributed by atoms with van der Waals surface area (Å²) in [5.41, 5.74) is 4.79. The van der Waals surface area contributed by atoms with E-state index in [9.17, 15) is 8.42 Å². The Morgan fingerprint density at radius 3 is 2.52 bits per heavy atom. The Labute approximate surface area is 146 Å². The first-order valence-electron chi connectivity index (χ1n) is 7.16. The van der Waals surface area contributed by atoms with Crippen LogP contribution in [0.3, 0.4) is 0 Å². The second-order valence-electron chi connectivity index (χ2n) is 5.12.